The molecule has 0 saturated carbocycles. The average molecular weight is 252 g/mol. The summed E-state index contributed by atoms with van der Waals surface area (Å²) in [7, 11) is 0. The van der Waals surface area contributed by atoms with Crippen LogP contribution in [-0.4, -0.2) is 53.4 Å². The minimum atomic E-state index is -4.66. The summed E-state index contributed by atoms with van der Waals surface area (Å²) in [6.45, 7) is -0.575. The Hall–Kier alpha value is -0.820. The van der Waals surface area contributed by atoms with E-state index in [4.69, 9.17) is 0 Å². The number of rotatable bonds is 1. The minimum absolute atomic E-state index is 0.335. The van der Waals surface area contributed by atoms with Crippen molar-refractivity contribution in [2.24, 2.45) is 0 Å². The highest BCUT2D eigenvalue weighted by Crippen LogP contribution is 2.38. The molecule has 4 nitrogen and oxygen atoms in total. The monoisotopic (exact) mass is 252 g/mol. The molecule has 2 heterocycles. The van der Waals surface area contributed by atoms with Gasteiger partial charge in [0.1, 0.15) is 0 Å². The van der Waals surface area contributed by atoms with Gasteiger partial charge in [-0.3, -0.25) is 4.79 Å². The summed E-state index contributed by atoms with van der Waals surface area (Å²) in [6, 6.07) is -0.387. The fraction of sp³-hybridized carbons (Fsp3) is 0.900. The number of aliphatic hydroxyl groups is 1. The summed E-state index contributed by atoms with van der Waals surface area (Å²) in [5.41, 5.74) is -2.71. The van der Waals surface area contributed by atoms with Crippen molar-refractivity contribution in [3.8, 4) is 0 Å². The lowest BCUT2D eigenvalue weighted by molar-refractivity contribution is -0.297. The summed E-state index contributed by atoms with van der Waals surface area (Å²) >= 11 is 0. The van der Waals surface area contributed by atoms with Gasteiger partial charge in [0.2, 0.25) is 5.91 Å². The van der Waals surface area contributed by atoms with Gasteiger partial charge in [-0.2, -0.15) is 13.2 Å². The molecule has 7 heteroatoms. The van der Waals surface area contributed by atoms with E-state index >= 15 is 0 Å². The van der Waals surface area contributed by atoms with Gasteiger partial charge in [0.05, 0.1) is 19.1 Å². The molecule has 2 rings (SSSR count). The molecule has 0 aromatic carbocycles. The largest absolute Gasteiger partial charge is 0.420 e. The number of hydrogen-bond donors (Lipinski definition) is 2. The Bertz CT molecular complexity index is 307. The maximum Gasteiger partial charge on any atom is 0.420 e. The van der Waals surface area contributed by atoms with Crippen LogP contribution in [0.5, 0.6) is 0 Å². The van der Waals surface area contributed by atoms with Crippen LogP contribution in [0.4, 0.5) is 13.2 Å². The highest BCUT2D eigenvalue weighted by Gasteiger charge is 2.62. The van der Waals surface area contributed by atoms with Gasteiger partial charge >= 0.3 is 6.18 Å². The Labute approximate surface area is 96.8 Å². The van der Waals surface area contributed by atoms with Crippen molar-refractivity contribution in [1.82, 2.24) is 10.2 Å². The molecule has 0 aromatic heterocycles. The minimum Gasteiger partial charge on any atom is -0.378 e. The first-order valence-corrected chi connectivity index (χ1v) is 5.65. The number of nitrogens with zero attached hydrogens (tertiary/aromatic N) is 1. The third-order valence-electron chi connectivity index (χ3n) is 3.35. The molecule has 0 spiro atoms. The highest BCUT2D eigenvalue weighted by atomic mass is 19.4. The van der Waals surface area contributed by atoms with Crippen molar-refractivity contribution < 1.29 is 23.1 Å². The molecule has 0 aliphatic carbocycles. The number of amides is 1. The summed E-state index contributed by atoms with van der Waals surface area (Å²) in [5, 5.41) is 12.2. The molecule has 2 fully saturated rings. The normalized spacial score (nSPS) is 28.7. The van der Waals surface area contributed by atoms with Gasteiger partial charge in [-0.25, -0.2) is 0 Å². The second-order valence-electron chi connectivity index (χ2n) is 4.73. The molecule has 2 aliphatic heterocycles. The quantitative estimate of drug-likeness (QED) is 0.704. The Morgan fingerprint density at radius 3 is 2.47 bits per heavy atom. The standard InChI is InChI=1S/C10H15F3N2O2/c11-10(12,13)9(17)5-15(6-9)8(16)7-3-1-2-4-14-7/h7,14,17H,1-6H2/t7-/m1/s1. The summed E-state index contributed by atoms with van der Waals surface area (Å²) in [5.74, 6) is -0.335. The molecule has 1 amide bonds. The van der Waals surface area contributed by atoms with E-state index in [0.717, 1.165) is 17.7 Å². The summed E-state index contributed by atoms with van der Waals surface area (Å²) < 4.78 is 37.1. The number of likely N-dealkylation sites (tertiary alicyclic amines) is 1. The number of nitrogens with one attached hydrogen (secondary N) is 1. The van der Waals surface area contributed by atoms with Crippen molar-refractivity contribution in [3.63, 3.8) is 0 Å². The van der Waals surface area contributed by atoms with Crippen LogP contribution in [0.1, 0.15) is 19.3 Å². The van der Waals surface area contributed by atoms with Crippen LogP contribution in [0.2, 0.25) is 0 Å². The van der Waals surface area contributed by atoms with Crippen LogP contribution in [0.25, 0.3) is 0 Å². The highest BCUT2D eigenvalue weighted by molar-refractivity contribution is 5.83. The molecule has 0 radical (unpaired) electrons. The van der Waals surface area contributed by atoms with Crippen molar-refractivity contribution in [2.45, 2.75) is 37.1 Å². The molecule has 2 aliphatic rings. The van der Waals surface area contributed by atoms with E-state index < -0.39 is 24.9 Å². The van der Waals surface area contributed by atoms with E-state index in [2.05, 4.69) is 5.32 Å². The number of piperidine rings is 1. The van der Waals surface area contributed by atoms with Gasteiger partial charge in [0, 0.05) is 0 Å². The van der Waals surface area contributed by atoms with Crippen LogP contribution < -0.4 is 5.32 Å². The van der Waals surface area contributed by atoms with E-state index in [9.17, 15) is 23.1 Å². The number of β-amino-alcohol motifs (C(OH)–C–C–N with tert-alkyl or cyclic N) is 1. The van der Waals surface area contributed by atoms with Gasteiger partial charge in [0.25, 0.3) is 0 Å². The van der Waals surface area contributed by atoms with E-state index in [0.29, 0.717) is 13.0 Å². The first kappa shape index (κ1) is 12.6. The number of hydrogen-bond acceptors (Lipinski definition) is 3. The van der Waals surface area contributed by atoms with Gasteiger partial charge in [-0.05, 0) is 19.4 Å². The lowest BCUT2D eigenvalue weighted by Crippen LogP contribution is -2.72. The summed E-state index contributed by atoms with van der Waals surface area (Å²) in [6.07, 6.45) is -2.12. The first-order valence-electron chi connectivity index (χ1n) is 5.65. The van der Waals surface area contributed by atoms with E-state index in [1.165, 1.54) is 0 Å². The predicted octanol–water partition coefficient (Wildman–Crippen LogP) is 0.264. The molecule has 2 N–H and O–H groups in total. The fourth-order valence-corrected chi connectivity index (χ4v) is 2.20. The SMILES string of the molecule is O=C([C@H]1CCCCN1)N1CC(O)(C(F)(F)F)C1. The van der Waals surface area contributed by atoms with Gasteiger partial charge in [-0.1, -0.05) is 6.42 Å². The molecule has 0 aromatic rings. The van der Waals surface area contributed by atoms with Crippen molar-refractivity contribution in [3.05, 3.63) is 0 Å². The van der Waals surface area contributed by atoms with Crippen LogP contribution in [-0.2, 0) is 4.79 Å². The Morgan fingerprint density at radius 1 is 1.35 bits per heavy atom. The molecular formula is C10H15F3N2O2. The molecule has 98 valence electrons. The van der Waals surface area contributed by atoms with Gasteiger partial charge < -0.3 is 15.3 Å². The van der Waals surface area contributed by atoms with Crippen molar-refractivity contribution in [1.29, 1.82) is 0 Å². The van der Waals surface area contributed by atoms with E-state index in [1.807, 2.05) is 0 Å². The first-order chi connectivity index (χ1) is 7.83. The van der Waals surface area contributed by atoms with E-state index in [1.54, 1.807) is 0 Å². The number of halogens is 3. The Morgan fingerprint density at radius 2 is 2.00 bits per heavy atom. The number of carbonyl (C=O) groups excluding carboxylic acids is 1. The Kier molecular flexibility index (Phi) is 3.07. The zero-order valence-electron chi connectivity index (χ0n) is 9.26. The van der Waals surface area contributed by atoms with Crippen LogP contribution in [0, 0.1) is 0 Å². The van der Waals surface area contributed by atoms with Crippen LogP contribution in [0.3, 0.4) is 0 Å². The third kappa shape index (κ3) is 2.26. The predicted molar refractivity (Wildman–Crippen MR) is 53.2 cm³/mol. The molecule has 1 atom stereocenters. The lowest BCUT2D eigenvalue weighted by atomic mass is 9.91. The van der Waals surface area contributed by atoms with Crippen LogP contribution >= 0.6 is 0 Å². The molecule has 2 saturated heterocycles. The van der Waals surface area contributed by atoms with Gasteiger partial charge in [-0.15, -0.1) is 0 Å². The van der Waals surface area contributed by atoms with E-state index in [-0.39, 0.29) is 11.9 Å². The van der Waals surface area contributed by atoms with Crippen molar-refractivity contribution >= 4 is 5.91 Å². The maximum absolute atomic E-state index is 12.4. The van der Waals surface area contributed by atoms with Crippen molar-refractivity contribution in [2.75, 3.05) is 19.6 Å². The average Bonchev–Trinajstić information content (AvgIpc) is 2.23. The molecule has 0 unspecified atom stereocenters. The third-order valence-corrected chi connectivity index (χ3v) is 3.35. The zero-order valence-corrected chi connectivity index (χ0v) is 9.26. The zero-order chi connectivity index (χ0) is 12.7. The van der Waals surface area contributed by atoms with Crippen LogP contribution in [0.15, 0.2) is 0 Å². The second kappa shape index (κ2) is 4.13. The molecule has 0 bridgehead atoms. The second-order valence-corrected chi connectivity index (χ2v) is 4.73. The lowest BCUT2D eigenvalue weighted by Gasteiger charge is -2.48. The maximum atomic E-state index is 12.4. The number of carbonyl (C=O) groups is 1. The Balaban J connectivity index is 1.89. The number of alkyl halides is 3. The topological polar surface area (TPSA) is 52.6 Å². The van der Waals surface area contributed by atoms with Gasteiger partial charge in [0.15, 0.2) is 5.60 Å². The fourth-order valence-electron chi connectivity index (χ4n) is 2.20. The molecular weight excluding hydrogens is 237 g/mol. The smallest absolute Gasteiger partial charge is 0.378 e. The summed E-state index contributed by atoms with van der Waals surface area (Å²) in [4.78, 5) is 12.8. The molecule has 17 heavy (non-hydrogen) atoms.